The Morgan fingerprint density at radius 1 is 0.437 bits per heavy atom. The first kappa shape index (κ1) is 83.7. The number of alkyl halides is 4. The molecule has 3 unspecified atom stereocenters. The molecule has 10 rings (SSSR count). The van der Waals surface area contributed by atoms with E-state index in [-0.39, 0.29) is 24.4 Å². The number of carbonyl (C=O) groups is 1. The molecule has 0 aliphatic rings. The Balaban J connectivity index is 0.000000215. The molecule has 0 fully saturated rings. The third kappa shape index (κ3) is 27.4. The normalized spacial score (nSPS) is 11.7. The molecule has 10 aromatic carbocycles. The van der Waals surface area contributed by atoms with Gasteiger partial charge in [-0.15, -0.1) is 0 Å². The van der Waals surface area contributed by atoms with E-state index in [1.165, 1.54) is 71.3 Å². The van der Waals surface area contributed by atoms with E-state index in [1.807, 2.05) is 133 Å². The fraction of sp³-hybridized carbons (Fsp3) is 0.315. The van der Waals surface area contributed by atoms with Gasteiger partial charge >= 0.3 is 6.18 Å². The summed E-state index contributed by atoms with van der Waals surface area (Å²) >= 11 is 6.01. The number of nitrogens with zero attached hydrogens (tertiary/aromatic N) is 1. The molecule has 0 saturated carbocycles. The molecule has 10 aromatic rings. The topological polar surface area (TPSA) is 87.7 Å². The van der Waals surface area contributed by atoms with Crippen molar-refractivity contribution in [2.45, 2.75) is 119 Å². The van der Waals surface area contributed by atoms with E-state index in [2.05, 4.69) is 205 Å². The summed E-state index contributed by atoms with van der Waals surface area (Å²) in [6.45, 7) is 28.8. The Kier molecular flexibility index (Phi) is 37.2. The lowest BCUT2D eigenvalue weighted by Gasteiger charge is -2.31. The zero-order chi connectivity index (χ0) is 74.4. The number of halogens is 5. The lowest BCUT2D eigenvalue weighted by molar-refractivity contribution is -0.137. The second kappa shape index (κ2) is 45.8. The van der Waals surface area contributed by atoms with Crippen LogP contribution in [0.5, 0.6) is 23.0 Å². The summed E-state index contributed by atoms with van der Waals surface area (Å²) in [4.78, 5) is 15.5. The first-order valence-corrected chi connectivity index (χ1v) is 37.9. The standard InChI is InChI=1S/C29H32F3NO3.C20H27NO2.C16H17BrO.C16H18O.C8H9I/c1-4-35-19-18-33(28(34)20-22-10-14-24(15-11-22)29(30,31)32)21(3)26-8-6-7-9-27(26)23-12-16-25(17-13-23)36-5-2;1-4-22-15-14-21-16(3)19-8-6-7-9-20(19)17-10-12-18(13-11-17)23-5-2;1-3-18-14-10-8-13(9-11-14)16-7-5-4-6-15(16)12(2)17;1-3-13-7-5-6-8-16(13)14-9-11-15(12-10-14)17-4-2;1-2-7-5-3-4-6-8(7)9/h6-17,21H,4-5,18-20H2,1-3H3;6-13,16,21H,4-5,14-15H2,1-3H3;4-12H,3H2,1-2H3;5-12H,3-4H2,1-2H3;3-6H,2H2,1H3. The highest BCUT2D eigenvalue weighted by Gasteiger charge is 2.30. The number of aryl methyl sites for hydroxylation is 2. The van der Waals surface area contributed by atoms with Crippen molar-refractivity contribution < 1.29 is 46.4 Å². The number of nitrogens with one attached hydrogen (secondary N) is 1. The molecule has 0 aliphatic heterocycles. The monoisotopic (exact) mass is 1570 g/mol. The van der Waals surface area contributed by atoms with Gasteiger partial charge in [-0.05, 0) is 242 Å². The van der Waals surface area contributed by atoms with Crippen LogP contribution >= 0.6 is 38.5 Å². The molecule has 0 saturated heterocycles. The van der Waals surface area contributed by atoms with Gasteiger partial charge in [0.2, 0.25) is 5.91 Å². The summed E-state index contributed by atoms with van der Waals surface area (Å²) in [6.07, 6.45) is -2.21. The molecule has 546 valence electrons. The van der Waals surface area contributed by atoms with E-state index in [9.17, 15) is 18.0 Å². The number of hydrogen-bond donors (Lipinski definition) is 1. The smallest absolute Gasteiger partial charge is 0.416 e. The minimum atomic E-state index is -4.41. The van der Waals surface area contributed by atoms with E-state index in [1.54, 1.807) is 4.90 Å². The molecule has 1 amide bonds. The average molecular weight is 1580 g/mol. The maximum Gasteiger partial charge on any atom is 0.416 e. The summed E-state index contributed by atoms with van der Waals surface area (Å²) < 4.78 is 73.0. The lowest BCUT2D eigenvalue weighted by atomic mass is 9.94. The zero-order valence-corrected chi connectivity index (χ0v) is 65.5. The molecular weight excluding hydrogens is 1470 g/mol. The maximum atomic E-state index is 13.4. The molecule has 0 bridgehead atoms. The minimum Gasteiger partial charge on any atom is -0.494 e. The number of carbonyl (C=O) groups excluding carboxylic acids is 1. The van der Waals surface area contributed by atoms with E-state index < -0.39 is 11.7 Å². The van der Waals surface area contributed by atoms with Crippen molar-refractivity contribution in [2.75, 3.05) is 65.9 Å². The van der Waals surface area contributed by atoms with Crippen LogP contribution in [0.2, 0.25) is 0 Å². The third-order valence-corrected chi connectivity index (χ3v) is 18.4. The van der Waals surface area contributed by atoms with Gasteiger partial charge in [0.25, 0.3) is 0 Å². The molecule has 0 spiro atoms. The number of ether oxygens (including phenoxy) is 6. The Hall–Kier alpha value is -8.25. The summed E-state index contributed by atoms with van der Waals surface area (Å²) in [5.74, 6) is 3.38. The van der Waals surface area contributed by atoms with Gasteiger partial charge in [0.15, 0.2) is 0 Å². The van der Waals surface area contributed by atoms with E-state index >= 15 is 0 Å². The van der Waals surface area contributed by atoms with Crippen LogP contribution in [0.25, 0.3) is 44.5 Å². The fourth-order valence-corrected chi connectivity index (χ4v) is 12.7. The van der Waals surface area contributed by atoms with E-state index in [4.69, 9.17) is 28.4 Å². The molecule has 3 atom stereocenters. The SMILES string of the molecule is CCOCCN(C(=O)Cc1ccc(C(F)(F)F)cc1)C(C)c1ccccc1-c1ccc(OCC)cc1.CCOCCNC(C)c1ccccc1-c1ccc(OCC)cc1.CCOc1ccc(-c2ccccc2C(C)Br)cc1.CCOc1ccc(-c2ccccc2CC)cc1.CCc1ccccc1I. The van der Waals surface area contributed by atoms with Gasteiger partial charge in [-0.3, -0.25) is 4.79 Å². The Morgan fingerprint density at radius 3 is 1.21 bits per heavy atom. The van der Waals surface area contributed by atoms with Crippen LogP contribution in [0.15, 0.2) is 243 Å². The number of rotatable bonds is 29. The molecule has 0 aliphatic carbocycles. The van der Waals surface area contributed by atoms with Gasteiger partial charge in [0.05, 0.1) is 57.7 Å². The molecule has 103 heavy (non-hydrogen) atoms. The minimum absolute atomic E-state index is 0.000176. The molecule has 0 radical (unpaired) electrons. The van der Waals surface area contributed by atoms with Gasteiger partial charge in [-0.1, -0.05) is 206 Å². The van der Waals surface area contributed by atoms with Crippen molar-refractivity contribution in [3.8, 4) is 67.5 Å². The van der Waals surface area contributed by atoms with Crippen molar-refractivity contribution in [2.24, 2.45) is 0 Å². The first-order valence-electron chi connectivity index (χ1n) is 35.9. The van der Waals surface area contributed by atoms with Crippen LogP contribution in [0.4, 0.5) is 13.2 Å². The van der Waals surface area contributed by atoms with Gasteiger partial charge < -0.3 is 38.6 Å². The number of hydrogen-bond acceptors (Lipinski definition) is 8. The molecule has 0 heterocycles. The molecule has 0 aromatic heterocycles. The van der Waals surface area contributed by atoms with Crippen LogP contribution < -0.4 is 24.3 Å². The quantitative estimate of drug-likeness (QED) is 0.0282. The number of benzene rings is 10. The van der Waals surface area contributed by atoms with Crippen molar-refractivity contribution in [3.63, 3.8) is 0 Å². The lowest BCUT2D eigenvalue weighted by Crippen LogP contribution is -2.37. The van der Waals surface area contributed by atoms with E-state index in [0.717, 1.165) is 84.4 Å². The second-order valence-corrected chi connectivity index (χ2v) is 26.4. The fourth-order valence-electron chi connectivity index (χ4n) is 11.6. The third-order valence-electron chi connectivity index (χ3n) is 16.9. The van der Waals surface area contributed by atoms with Gasteiger partial charge in [0.1, 0.15) is 23.0 Å². The maximum absolute atomic E-state index is 13.4. The molecule has 14 heteroatoms. The second-order valence-electron chi connectivity index (χ2n) is 23.9. The predicted octanol–water partition coefficient (Wildman–Crippen LogP) is 23.8. The molecule has 1 N–H and O–H groups in total. The van der Waals surface area contributed by atoms with Crippen LogP contribution in [-0.2, 0) is 39.7 Å². The van der Waals surface area contributed by atoms with Gasteiger partial charge in [-0.25, -0.2) is 0 Å². The van der Waals surface area contributed by atoms with Crippen LogP contribution in [-0.4, -0.2) is 76.8 Å². The van der Waals surface area contributed by atoms with Crippen LogP contribution in [0.1, 0.15) is 132 Å². The Bertz CT molecular complexity index is 4020. The van der Waals surface area contributed by atoms with Gasteiger partial charge in [-0.2, -0.15) is 13.2 Å². The summed E-state index contributed by atoms with van der Waals surface area (Å²) in [7, 11) is 0. The highest BCUT2D eigenvalue weighted by Crippen LogP contribution is 2.36. The highest BCUT2D eigenvalue weighted by atomic mass is 127. The predicted molar refractivity (Wildman–Crippen MR) is 432 cm³/mol. The van der Waals surface area contributed by atoms with Crippen molar-refractivity contribution in [1.82, 2.24) is 10.2 Å². The Morgan fingerprint density at radius 2 is 0.806 bits per heavy atom. The summed E-state index contributed by atoms with van der Waals surface area (Å²) in [6, 6.07) is 79.3. The summed E-state index contributed by atoms with van der Waals surface area (Å²) in [5.41, 5.74) is 15.7. The Labute approximate surface area is 633 Å². The first-order chi connectivity index (χ1) is 49.9. The zero-order valence-electron chi connectivity index (χ0n) is 61.7. The highest BCUT2D eigenvalue weighted by molar-refractivity contribution is 14.1. The van der Waals surface area contributed by atoms with E-state index in [0.29, 0.717) is 56.6 Å². The van der Waals surface area contributed by atoms with Crippen LogP contribution in [0.3, 0.4) is 0 Å². The van der Waals surface area contributed by atoms with Gasteiger partial charge in [0, 0.05) is 40.7 Å². The van der Waals surface area contributed by atoms with Crippen LogP contribution in [0, 0.1) is 3.57 Å². The average Bonchev–Trinajstić information content (AvgIpc) is 0.817. The van der Waals surface area contributed by atoms with Crippen molar-refractivity contribution >= 4 is 44.4 Å². The largest absolute Gasteiger partial charge is 0.494 e. The summed E-state index contributed by atoms with van der Waals surface area (Å²) in [5, 5.41) is 3.53. The molecule has 9 nitrogen and oxygen atoms in total. The number of amides is 1. The van der Waals surface area contributed by atoms with Crippen molar-refractivity contribution in [1.29, 1.82) is 0 Å². The molecular formula is C89H103BrF3IN2O7. The van der Waals surface area contributed by atoms with Crippen molar-refractivity contribution in [3.05, 3.63) is 285 Å².